The molecule has 0 aromatic heterocycles. The number of Topliss-reactive ketones (excluding diaryl/α,β-unsaturated/α-hetero) is 1. The quantitative estimate of drug-likeness (QED) is 0.743. The standard InChI is InChI=1S/C14H18ClNO/c1-10-5-3-4-8-16(10)12-6-7-13(11(2)17)14(15)9-12/h6-7,9-10H,3-5,8H2,1-2H3. The van der Waals surface area contributed by atoms with Crippen LogP contribution in [0.15, 0.2) is 18.2 Å². The largest absolute Gasteiger partial charge is 0.369 e. The molecule has 1 fully saturated rings. The zero-order valence-electron chi connectivity index (χ0n) is 10.4. The van der Waals surface area contributed by atoms with Crippen molar-refractivity contribution in [3.8, 4) is 0 Å². The second-order valence-electron chi connectivity index (χ2n) is 4.76. The molecule has 0 N–H and O–H groups in total. The lowest BCUT2D eigenvalue weighted by molar-refractivity contribution is 0.101. The fourth-order valence-electron chi connectivity index (χ4n) is 2.45. The Morgan fingerprint density at radius 1 is 1.41 bits per heavy atom. The summed E-state index contributed by atoms with van der Waals surface area (Å²) in [5, 5.41) is 0.563. The Balaban J connectivity index is 2.27. The van der Waals surface area contributed by atoms with Gasteiger partial charge in [0.25, 0.3) is 0 Å². The molecule has 0 amide bonds. The van der Waals surface area contributed by atoms with Gasteiger partial charge in [0.15, 0.2) is 5.78 Å². The van der Waals surface area contributed by atoms with Crippen molar-refractivity contribution >= 4 is 23.1 Å². The van der Waals surface area contributed by atoms with Gasteiger partial charge in [-0.1, -0.05) is 11.6 Å². The van der Waals surface area contributed by atoms with Gasteiger partial charge >= 0.3 is 0 Å². The van der Waals surface area contributed by atoms with E-state index in [9.17, 15) is 4.79 Å². The number of halogens is 1. The molecule has 1 atom stereocenters. The average molecular weight is 252 g/mol. The molecule has 2 nitrogen and oxygen atoms in total. The van der Waals surface area contributed by atoms with E-state index in [1.165, 1.54) is 19.3 Å². The lowest BCUT2D eigenvalue weighted by atomic mass is 10.0. The number of anilines is 1. The Bertz CT molecular complexity index is 430. The summed E-state index contributed by atoms with van der Waals surface area (Å²) < 4.78 is 0. The van der Waals surface area contributed by atoms with Crippen molar-refractivity contribution in [3.63, 3.8) is 0 Å². The highest BCUT2D eigenvalue weighted by atomic mass is 35.5. The second kappa shape index (κ2) is 5.09. The van der Waals surface area contributed by atoms with Gasteiger partial charge in [0.1, 0.15) is 0 Å². The van der Waals surface area contributed by atoms with Gasteiger partial charge in [-0.15, -0.1) is 0 Å². The van der Waals surface area contributed by atoms with Crippen LogP contribution in [0.25, 0.3) is 0 Å². The molecule has 0 saturated carbocycles. The molecule has 0 aliphatic carbocycles. The monoisotopic (exact) mass is 251 g/mol. The van der Waals surface area contributed by atoms with Crippen LogP contribution in [0.5, 0.6) is 0 Å². The zero-order chi connectivity index (χ0) is 12.4. The fourth-order valence-corrected chi connectivity index (χ4v) is 2.76. The Hall–Kier alpha value is -1.02. The highest BCUT2D eigenvalue weighted by Gasteiger charge is 2.19. The summed E-state index contributed by atoms with van der Waals surface area (Å²) in [6.45, 7) is 4.87. The lowest BCUT2D eigenvalue weighted by Gasteiger charge is -2.35. The van der Waals surface area contributed by atoms with Crippen LogP contribution in [-0.4, -0.2) is 18.4 Å². The van der Waals surface area contributed by atoms with Gasteiger partial charge in [0, 0.05) is 23.8 Å². The van der Waals surface area contributed by atoms with Crippen molar-refractivity contribution in [3.05, 3.63) is 28.8 Å². The number of rotatable bonds is 2. The number of carbonyl (C=O) groups excluding carboxylic acids is 1. The van der Waals surface area contributed by atoms with Gasteiger partial charge in [-0.3, -0.25) is 4.79 Å². The van der Waals surface area contributed by atoms with E-state index in [0.29, 0.717) is 16.6 Å². The van der Waals surface area contributed by atoms with Crippen molar-refractivity contribution in [2.45, 2.75) is 39.2 Å². The molecule has 1 aliphatic rings. The third-order valence-corrected chi connectivity index (χ3v) is 3.78. The van der Waals surface area contributed by atoms with E-state index >= 15 is 0 Å². The Kier molecular flexibility index (Phi) is 3.72. The summed E-state index contributed by atoms with van der Waals surface area (Å²) in [5.74, 6) is 0.0215. The smallest absolute Gasteiger partial charge is 0.161 e. The van der Waals surface area contributed by atoms with Gasteiger partial charge in [-0.2, -0.15) is 0 Å². The van der Waals surface area contributed by atoms with Crippen LogP contribution in [0, 0.1) is 0 Å². The Labute approximate surface area is 108 Å². The van der Waals surface area contributed by atoms with E-state index in [4.69, 9.17) is 11.6 Å². The van der Waals surface area contributed by atoms with Crippen LogP contribution in [0.4, 0.5) is 5.69 Å². The molecule has 2 rings (SSSR count). The molecule has 3 heteroatoms. The molecule has 1 aromatic carbocycles. The van der Waals surface area contributed by atoms with Crippen LogP contribution in [0.1, 0.15) is 43.5 Å². The van der Waals surface area contributed by atoms with Crippen LogP contribution in [0.2, 0.25) is 5.02 Å². The predicted octanol–water partition coefficient (Wildman–Crippen LogP) is 3.92. The number of hydrogen-bond donors (Lipinski definition) is 0. The molecule has 92 valence electrons. The van der Waals surface area contributed by atoms with E-state index in [1.54, 1.807) is 6.92 Å². The number of benzene rings is 1. The SMILES string of the molecule is CC(=O)c1ccc(N2CCCCC2C)cc1Cl. The number of hydrogen-bond acceptors (Lipinski definition) is 2. The fraction of sp³-hybridized carbons (Fsp3) is 0.500. The first-order chi connectivity index (χ1) is 8.09. The van der Waals surface area contributed by atoms with Crippen LogP contribution >= 0.6 is 11.6 Å². The van der Waals surface area contributed by atoms with Crippen LogP contribution in [-0.2, 0) is 0 Å². The van der Waals surface area contributed by atoms with E-state index in [-0.39, 0.29) is 5.78 Å². The summed E-state index contributed by atoms with van der Waals surface area (Å²) in [6, 6.07) is 6.31. The molecule has 1 aliphatic heterocycles. The minimum atomic E-state index is 0.0215. The third-order valence-electron chi connectivity index (χ3n) is 3.47. The summed E-state index contributed by atoms with van der Waals surface area (Å²) >= 11 is 6.14. The molecule has 1 unspecified atom stereocenters. The third kappa shape index (κ3) is 2.63. The first kappa shape index (κ1) is 12.4. The molecule has 1 saturated heterocycles. The van der Waals surface area contributed by atoms with E-state index < -0.39 is 0 Å². The maximum absolute atomic E-state index is 11.3. The number of carbonyl (C=O) groups is 1. The highest BCUT2D eigenvalue weighted by molar-refractivity contribution is 6.34. The lowest BCUT2D eigenvalue weighted by Crippen LogP contribution is -2.37. The van der Waals surface area contributed by atoms with Crippen molar-refractivity contribution in [1.29, 1.82) is 0 Å². The number of ketones is 1. The molecule has 0 bridgehead atoms. The van der Waals surface area contributed by atoms with Gasteiger partial charge in [0.2, 0.25) is 0 Å². The van der Waals surface area contributed by atoms with E-state index in [2.05, 4.69) is 11.8 Å². The van der Waals surface area contributed by atoms with Gasteiger partial charge in [-0.05, 0) is 51.3 Å². The highest BCUT2D eigenvalue weighted by Crippen LogP contribution is 2.28. The van der Waals surface area contributed by atoms with Crippen molar-refractivity contribution in [2.75, 3.05) is 11.4 Å². The molecule has 1 aromatic rings. The molecule has 17 heavy (non-hydrogen) atoms. The Morgan fingerprint density at radius 3 is 2.76 bits per heavy atom. The van der Waals surface area contributed by atoms with E-state index in [0.717, 1.165) is 12.2 Å². The molecule has 0 spiro atoms. The number of nitrogens with zero attached hydrogens (tertiary/aromatic N) is 1. The second-order valence-corrected chi connectivity index (χ2v) is 5.17. The maximum atomic E-state index is 11.3. The van der Waals surface area contributed by atoms with Crippen molar-refractivity contribution in [1.82, 2.24) is 0 Å². The molecule has 1 heterocycles. The first-order valence-electron chi connectivity index (χ1n) is 6.16. The van der Waals surface area contributed by atoms with Crippen molar-refractivity contribution in [2.24, 2.45) is 0 Å². The first-order valence-corrected chi connectivity index (χ1v) is 6.54. The summed E-state index contributed by atoms with van der Waals surface area (Å²) in [4.78, 5) is 13.7. The minimum absolute atomic E-state index is 0.0215. The van der Waals surface area contributed by atoms with Gasteiger partial charge in [-0.25, -0.2) is 0 Å². The van der Waals surface area contributed by atoms with Crippen molar-refractivity contribution < 1.29 is 4.79 Å². The van der Waals surface area contributed by atoms with Gasteiger partial charge in [0.05, 0.1) is 5.02 Å². The van der Waals surface area contributed by atoms with Gasteiger partial charge < -0.3 is 4.90 Å². The zero-order valence-corrected chi connectivity index (χ0v) is 11.1. The average Bonchev–Trinajstić information content (AvgIpc) is 2.29. The van der Waals surface area contributed by atoms with Crippen LogP contribution < -0.4 is 4.90 Å². The number of piperidine rings is 1. The van der Waals surface area contributed by atoms with E-state index in [1.807, 2.05) is 18.2 Å². The maximum Gasteiger partial charge on any atom is 0.161 e. The topological polar surface area (TPSA) is 20.3 Å². The summed E-state index contributed by atoms with van der Waals surface area (Å²) in [7, 11) is 0. The molecule has 0 radical (unpaired) electrons. The Morgan fingerprint density at radius 2 is 2.18 bits per heavy atom. The minimum Gasteiger partial charge on any atom is -0.369 e. The molecular weight excluding hydrogens is 234 g/mol. The predicted molar refractivity (Wildman–Crippen MR) is 72.1 cm³/mol. The van der Waals surface area contributed by atoms with Crippen LogP contribution in [0.3, 0.4) is 0 Å². The molecular formula is C14H18ClNO. The summed E-state index contributed by atoms with van der Waals surface area (Å²) in [6.07, 6.45) is 3.76. The normalized spacial score (nSPS) is 20.4. The summed E-state index contributed by atoms with van der Waals surface area (Å²) in [5.41, 5.74) is 1.74.